The van der Waals surface area contributed by atoms with Crippen molar-refractivity contribution in [2.75, 3.05) is 5.75 Å². The first-order valence-corrected chi connectivity index (χ1v) is 10.8. The summed E-state index contributed by atoms with van der Waals surface area (Å²) < 4.78 is 4.05. The van der Waals surface area contributed by atoms with Gasteiger partial charge in [-0.3, -0.25) is 9.36 Å². The summed E-state index contributed by atoms with van der Waals surface area (Å²) in [7, 11) is 0. The number of Topliss-reactive ketones (excluding diaryl/α,β-unsaturated/α-hetero) is 1. The highest BCUT2D eigenvalue weighted by Gasteiger charge is 2.18. The molecule has 0 bridgehead atoms. The maximum Gasteiger partial charge on any atom is 0.196 e. The second-order valence-electron chi connectivity index (χ2n) is 7.42. The van der Waals surface area contributed by atoms with Gasteiger partial charge in [0.05, 0.1) is 5.75 Å². The molecule has 0 aliphatic carbocycles. The van der Waals surface area contributed by atoms with Crippen LogP contribution in [0.15, 0.2) is 66.1 Å². The van der Waals surface area contributed by atoms with Crippen molar-refractivity contribution in [1.29, 1.82) is 0 Å². The van der Waals surface area contributed by atoms with Crippen LogP contribution in [-0.4, -0.2) is 30.9 Å². The molecule has 2 aromatic carbocycles. The molecule has 30 heavy (non-hydrogen) atoms. The van der Waals surface area contributed by atoms with E-state index in [1.807, 2.05) is 54.8 Å². The summed E-state index contributed by atoms with van der Waals surface area (Å²) in [6.45, 7) is 8.26. The molecule has 0 spiro atoms. The molecule has 0 fully saturated rings. The molecule has 6 heteroatoms. The molecule has 0 aliphatic heterocycles. The summed E-state index contributed by atoms with van der Waals surface area (Å²) >= 11 is 1.41. The van der Waals surface area contributed by atoms with Crippen molar-refractivity contribution in [1.82, 2.24) is 19.3 Å². The third-order valence-corrected chi connectivity index (χ3v) is 6.31. The fraction of sp³-hybridized carbons (Fsp3) is 0.208. The van der Waals surface area contributed by atoms with E-state index in [0.29, 0.717) is 10.9 Å². The molecule has 152 valence electrons. The van der Waals surface area contributed by atoms with Crippen LogP contribution in [0.3, 0.4) is 0 Å². The van der Waals surface area contributed by atoms with E-state index in [1.165, 1.54) is 22.9 Å². The lowest BCUT2D eigenvalue weighted by atomic mass is 10.1. The normalized spacial score (nSPS) is 11.1. The number of hydrogen-bond acceptors (Lipinski definition) is 4. The number of thioether (sulfide) groups is 1. The van der Waals surface area contributed by atoms with Gasteiger partial charge in [0.25, 0.3) is 0 Å². The lowest BCUT2D eigenvalue weighted by molar-refractivity contribution is 0.102. The molecule has 0 N–H and O–H groups in total. The molecule has 4 rings (SSSR count). The summed E-state index contributed by atoms with van der Waals surface area (Å²) in [6, 6.07) is 18.3. The van der Waals surface area contributed by atoms with Crippen molar-refractivity contribution in [3.63, 3.8) is 0 Å². The number of carbonyl (C=O) groups excluding carboxylic acids is 1. The van der Waals surface area contributed by atoms with Crippen LogP contribution in [0.25, 0.3) is 11.4 Å². The Morgan fingerprint density at radius 2 is 1.70 bits per heavy atom. The number of rotatable bonds is 6. The summed E-state index contributed by atoms with van der Waals surface area (Å²) in [5, 5.41) is 8.91. The summed E-state index contributed by atoms with van der Waals surface area (Å²) in [4.78, 5) is 13.0. The Bertz CT molecular complexity index is 1210. The Labute approximate surface area is 180 Å². The van der Waals surface area contributed by atoms with E-state index in [9.17, 15) is 4.79 Å². The molecule has 0 aliphatic rings. The average molecular weight is 417 g/mol. The highest BCUT2D eigenvalue weighted by molar-refractivity contribution is 7.99. The minimum absolute atomic E-state index is 0.0887. The molecule has 0 radical (unpaired) electrons. The molecule has 0 amide bonds. The van der Waals surface area contributed by atoms with E-state index in [0.717, 1.165) is 28.3 Å². The topological polar surface area (TPSA) is 52.7 Å². The van der Waals surface area contributed by atoms with Crippen LogP contribution in [0, 0.1) is 27.7 Å². The number of carbonyl (C=O) groups is 1. The molecule has 5 nitrogen and oxygen atoms in total. The zero-order chi connectivity index (χ0) is 21.3. The summed E-state index contributed by atoms with van der Waals surface area (Å²) in [5.41, 5.74) is 7.33. The maximum atomic E-state index is 13.0. The second kappa shape index (κ2) is 8.32. The van der Waals surface area contributed by atoms with Gasteiger partial charge in [-0.1, -0.05) is 36.0 Å². The highest BCUT2D eigenvalue weighted by Crippen LogP contribution is 2.25. The van der Waals surface area contributed by atoms with E-state index in [2.05, 4.69) is 46.8 Å². The second-order valence-corrected chi connectivity index (χ2v) is 8.36. The van der Waals surface area contributed by atoms with Crippen molar-refractivity contribution < 1.29 is 4.79 Å². The van der Waals surface area contributed by atoms with Crippen molar-refractivity contribution >= 4 is 17.5 Å². The molecule has 0 saturated carbocycles. The number of aromatic nitrogens is 4. The van der Waals surface area contributed by atoms with Crippen LogP contribution in [0.4, 0.5) is 0 Å². The van der Waals surface area contributed by atoms with E-state index in [4.69, 9.17) is 0 Å². The van der Waals surface area contributed by atoms with Gasteiger partial charge >= 0.3 is 0 Å². The van der Waals surface area contributed by atoms with Gasteiger partial charge in [-0.05, 0) is 69.2 Å². The fourth-order valence-corrected chi connectivity index (χ4v) is 4.42. The van der Waals surface area contributed by atoms with E-state index >= 15 is 0 Å². The van der Waals surface area contributed by atoms with Crippen LogP contribution < -0.4 is 0 Å². The summed E-state index contributed by atoms with van der Waals surface area (Å²) in [5.74, 6) is 0.397. The Hall–Kier alpha value is -3.12. The number of hydrogen-bond donors (Lipinski definition) is 0. The molecule has 2 heterocycles. The van der Waals surface area contributed by atoms with Gasteiger partial charge < -0.3 is 4.57 Å². The van der Waals surface area contributed by atoms with Crippen molar-refractivity contribution in [2.45, 2.75) is 32.9 Å². The first-order chi connectivity index (χ1) is 14.5. The van der Waals surface area contributed by atoms with E-state index < -0.39 is 0 Å². The quantitative estimate of drug-likeness (QED) is 0.317. The number of nitrogens with zero attached hydrogens (tertiary/aromatic N) is 4. The van der Waals surface area contributed by atoms with Crippen molar-refractivity contribution in [3.8, 4) is 11.4 Å². The SMILES string of the molecule is Cc1ccc(-n2c(C)cc(C(=O)CSc3nncn3-c3ccccc3)c2C)cc1C. The summed E-state index contributed by atoms with van der Waals surface area (Å²) in [6.07, 6.45) is 1.67. The predicted molar refractivity (Wildman–Crippen MR) is 121 cm³/mol. The van der Waals surface area contributed by atoms with Crippen LogP contribution in [-0.2, 0) is 0 Å². The van der Waals surface area contributed by atoms with E-state index in [-0.39, 0.29) is 5.78 Å². The zero-order valence-corrected chi connectivity index (χ0v) is 18.4. The lowest BCUT2D eigenvalue weighted by Gasteiger charge is -2.12. The molecular weight excluding hydrogens is 392 g/mol. The smallest absolute Gasteiger partial charge is 0.196 e. The Morgan fingerprint density at radius 1 is 0.933 bits per heavy atom. The third kappa shape index (κ3) is 3.83. The fourth-order valence-electron chi connectivity index (χ4n) is 3.60. The van der Waals surface area contributed by atoms with Gasteiger partial charge in [0.15, 0.2) is 10.9 Å². The van der Waals surface area contributed by atoms with Gasteiger partial charge in [0.1, 0.15) is 6.33 Å². The van der Waals surface area contributed by atoms with Crippen molar-refractivity contribution in [3.05, 3.63) is 89.0 Å². The number of aryl methyl sites for hydroxylation is 3. The zero-order valence-electron chi connectivity index (χ0n) is 17.6. The molecule has 4 aromatic rings. The van der Waals surface area contributed by atoms with Crippen LogP contribution in [0.2, 0.25) is 0 Å². The first-order valence-electron chi connectivity index (χ1n) is 9.83. The maximum absolute atomic E-state index is 13.0. The van der Waals surface area contributed by atoms with Gasteiger partial charge in [0.2, 0.25) is 0 Å². The average Bonchev–Trinajstić information content (AvgIpc) is 3.33. The number of para-hydroxylation sites is 1. The minimum atomic E-state index is 0.0887. The molecular formula is C24H24N4OS. The Balaban J connectivity index is 1.56. The third-order valence-electron chi connectivity index (χ3n) is 5.36. The largest absolute Gasteiger partial charge is 0.318 e. The molecule has 0 atom stereocenters. The first kappa shape index (κ1) is 20.2. The predicted octanol–water partition coefficient (Wildman–Crippen LogP) is 5.27. The Morgan fingerprint density at radius 3 is 2.43 bits per heavy atom. The number of ketones is 1. The monoisotopic (exact) mass is 416 g/mol. The minimum Gasteiger partial charge on any atom is -0.318 e. The highest BCUT2D eigenvalue weighted by atomic mass is 32.2. The van der Waals surface area contributed by atoms with Gasteiger partial charge in [-0.2, -0.15) is 0 Å². The van der Waals surface area contributed by atoms with Gasteiger partial charge in [0, 0.05) is 28.3 Å². The molecule has 0 saturated heterocycles. The Kier molecular flexibility index (Phi) is 5.59. The van der Waals surface area contributed by atoms with Gasteiger partial charge in [-0.25, -0.2) is 0 Å². The lowest BCUT2D eigenvalue weighted by Crippen LogP contribution is -2.07. The van der Waals surface area contributed by atoms with Crippen LogP contribution in [0.1, 0.15) is 32.9 Å². The molecule has 0 unspecified atom stereocenters. The van der Waals surface area contributed by atoms with Gasteiger partial charge in [-0.15, -0.1) is 10.2 Å². The standard InChI is InChI=1S/C24H24N4OS/c1-16-10-11-21(12-17(16)2)28-18(3)13-22(19(28)4)23(29)14-30-24-26-25-15-27(24)20-8-6-5-7-9-20/h5-13,15H,14H2,1-4H3. The van der Waals surface area contributed by atoms with Crippen LogP contribution >= 0.6 is 11.8 Å². The van der Waals surface area contributed by atoms with E-state index in [1.54, 1.807) is 6.33 Å². The van der Waals surface area contributed by atoms with Crippen LogP contribution in [0.5, 0.6) is 0 Å². The number of benzene rings is 2. The van der Waals surface area contributed by atoms with Crippen molar-refractivity contribution in [2.24, 2.45) is 0 Å². The molecule has 2 aromatic heterocycles.